The highest BCUT2D eigenvalue weighted by molar-refractivity contribution is 5.81. The van der Waals surface area contributed by atoms with Crippen molar-refractivity contribution in [3.8, 4) is 0 Å². The molecule has 158 valence electrons. The molecule has 0 amide bonds. The molecular weight excluding hydrogens is 392 g/mol. The van der Waals surface area contributed by atoms with Gasteiger partial charge in [-0.05, 0) is 31.0 Å². The van der Waals surface area contributed by atoms with E-state index in [1.807, 2.05) is 18.3 Å². The lowest BCUT2D eigenvalue weighted by atomic mass is 10.2. The molecule has 0 atom stereocenters. The van der Waals surface area contributed by atoms with Crippen molar-refractivity contribution >= 4 is 16.6 Å². The normalized spacial score (nSPS) is 17.9. The first-order chi connectivity index (χ1) is 14.6. The van der Waals surface area contributed by atoms with Crippen LogP contribution in [-0.4, -0.2) is 52.0 Å². The maximum absolute atomic E-state index is 12.6. The average Bonchev–Trinajstić information content (AvgIpc) is 3.49. The molecule has 3 aromatic rings. The van der Waals surface area contributed by atoms with Crippen LogP contribution in [0.4, 0.5) is 14.5 Å². The van der Waals surface area contributed by atoms with Crippen LogP contribution in [-0.2, 0) is 13.1 Å². The molecule has 1 aromatic carbocycles. The number of hydrogen-bond acceptors (Lipinski definition) is 6. The number of fused-ring (bicyclic) bond motifs is 1. The third kappa shape index (κ3) is 3.94. The van der Waals surface area contributed by atoms with Crippen LogP contribution in [0.15, 0.2) is 39.9 Å². The van der Waals surface area contributed by atoms with Gasteiger partial charge in [0.05, 0.1) is 36.5 Å². The van der Waals surface area contributed by atoms with Gasteiger partial charge in [0.25, 0.3) is 12.0 Å². The molecule has 9 heteroatoms. The quantitative estimate of drug-likeness (QED) is 0.617. The number of hydrogen-bond donors (Lipinski definition) is 0. The lowest BCUT2D eigenvalue weighted by molar-refractivity contribution is 0.125. The van der Waals surface area contributed by atoms with Crippen molar-refractivity contribution in [1.82, 2.24) is 19.4 Å². The second-order valence-electron chi connectivity index (χ2n) is 7.99. The van der Waals surface area contributed by atoms with E-state index < -0.39 is 18.5 Å². The van der Waals surface area contributed by atoms with E-state index >= 15 is 0 Å². The second-order valence-corrected chi connectivity index (χ2v) is 7.99. The lowest BCUT2D eigenvalue weighted by Crippen LogP contribution is -2.46. The van der Waals surface area contributed by atoms with Gasteiger partial charge in [-0.1, -0.05) is 0 Å². The summed E-state index contributed by atoms with van der Waals surface area (Å²) in [5.41, 5.74) is 1.07. The van der Waals surface area contributed by atoms with Gasteiger partial charge in [0.2, 0.25) is 5.89 Å². The number of benzene rings is 1. The first-order valence-corrected chi connectivity index (χ1v) is 10.3. The van der Waals surface area contributed by atoms with Gasteiger partial charge in [0.1, 0.15) is 5.76 Å². The van der Waals surface area contributed by atoms with E-state index in [1.165, 1.54) is 19.2 Å². The van der Waals surface area contributed by atoms with Crippen molar-refractivity contribution in [2.75, 3.05) is 31.1 Å². The van der Waals surface area contributed by atoms with E-state index in [0.29, 0.717) is 23.4 Å². The summed E-state index contributed by atoms with van der Waals surface area (Å²) in [4.78, 5) is 25.6. The summed E-state index contributed by atoms with van der Waals surface area (Å²) in [7, 11) is 0. The number of aromatic nitrogens is 3. The van der Waals surface area contributed by atoms with Gasteiger partial charge in [-0.25, -0.2) is 18.7 Å². The molecule has 2 aromatic heterocycles. The highest BCUT2D eigenvalue weighted by atomic mass is 19.3. The molecule has 0 radical (unpaired) electrons. The molecule has 1 aliphatic carbocycles. The molecule has 0 N–H and O–H groups in total. The van der Waals surface area contributed by atoms with Gasteiger partial charge >= 0.3 is 0 Å². The van der Waals surface area contributed by atoms with Gasteiger partial charge in [-0.15, -0.1) is 0 Å². The van der Waals surface area contributed by atoms with E-state index in [2.05, 4.69) is 19.8 Å². The minimum absolute atomic E-state index is 0.357. The van der Waals surface area contributed by atoms with Gasteiger partial charge < -0.3 is 9.32 Å². The van der Waals surface area contributed by atoms with Crippen LogP contribution in [0.5, 0.6) is 0 Å². The van der Waals surface area contributed by atoms with E-state index in [1.54, 1.807) is 6.07 Å². The zero-order valence-corrected chi connectivity index (χ0v) is 16.5. The standard InChI is InChI=1S/C21H23F2N5O2/c22-19(23)11-28-13-25-17-9-15(3-4-16(17)21(28)29)27-7-5-26(6-8-27)12-20-24-10-18(30-20)14-1-2-14/h3-4,9-10,13-14,19H,1-2,5-8,11-12H2. The van der Waals surface area contributed by atoms with Gasteiger partial charge in [0.15, 0.2) is 0 Å². The zero-order chi connectivity index (χ0) is 20.7. The highest BCUT2D eigenvalue weighted by Gasteiger charge is 2.28. The number of nitrogens with zero attached hydrogens (tertiary/aromatic N) is 5. The Bertz CT molecular complexity index is 1100. The van der Waals surface area contributed by atoms with E-state index in [-0.39, 0.29) is 0 Å². The average molecular weight is 415 g/mol. The predicted octanol–water partition coefficient (Wildman–Crippen LogP) is 2.85. The Labute approximate surface area is 171 Å². The summed E-state index contributed by atoms with van der Waals surface area (Å²) in [6.45, 7) is 3.50. The number of oxazole rings is 1. The monoisotopic (exact) mass is 415 g/mol. The van der Waals surface area contributed by atoms with Crippen molar-refractivity contribution in [1.29, 1.82) is 0 Å². The van der Waals surface area contributed by atoms with Crippen LogP contribution < -0.4 is 10.5 Å². The van der Waals surface area contributed by atoms with Crippen LogP contribution in [0, 0.1) is 0 Å². The fourth-order valence-corrected chi connectivity index (χ4v) is 3.93. The molecule has 5 rings (SSSR count). The van der Waals surface area contributed by atoms with Gasteiger partial charge in [-0.3, -0.25) is 14.3 Å². The third-order valence-electron chi connectivity index (χ3n) is 5.79. The van der Waals surface area contributed by atoms with Crippen LogP contribution >= 0.6 is 0 Å². The molecular formula is C21H23F2N5O2. The molecule has 1 saturated heterocycles. The smallest absolute Gasteiger partial charge is 0.261 e. The van der Waals surface area contributed by atoms with E-state index in [0.717, 1.165) is 48.1 Å². The topological polar surface area (TPSA) is 67.4 Å². The number of anilines is 1. The molecule has 2 aliphatic rings. The van der Waals surface area contributed by atoms with Gasteiger partial charge in [-0.2, -0.15) is 0 Å². The summed E-state index contributed by atoms with van der Waals surface area (Å²) >= 11 is 0. The summed E-state index contributed by atoms with van der Waals surface area (Å²) < 4.78 is 32.0. The lowest BCUT2D eigenvalue weighted by Gasteiger charge is -2.35. The van der Waals surface area contributed by atoms with Crippen LogP contribution in [0.1, 0.15) is 30.4 Å². The molecule has 7 nitrogen and oxygen atoms in total. The van der Waals surface area contributed by atoms with Crippen molar-refractivity contribution in [2.45, 2.75) is 38.3 Å². The first kappa shape index (κ1) is 19.2. The number of piperazine rings is 1. The van der Waals surface area contributed by atoms with Crippen LogP contribution in [0.2, 0.25) is 0 Å². The Kier molecular flexibility index (Phi) is 4.98. The molecule has 0 spiro atoms. The number of halogens is 2. The molecule has 30 heavy (non-hydrogen) atoms. The summed E-state index contributed by atoms with van der Waals surface area (Å²) in [6.07, 6.45) is 2.88. The Morgan fingerprint density at radius 3 is 2.67 bits per heavy atom. The molecule has 2 fully saturated rings. The minimum Gasteiger partial charge on any atom is -0.444 e. The number of alkyl halides is 2. The third-order valence-corrected chi connectivity index (χ3v) is 5.79. The molecule has 3 heterocycles. The summed E-state index contributed by atoms with van der Waals surface area (Å²) in [6, 6.07) is 5.40. The molecule has 0 bridgehead atoms. The van der Waals surface area contributed by atoms with Gasteiger partial charge in [0, 0.05) is 37.8 Å². The number of rotatable bonds is 6. The highest BCUT2D eigenvalue weighted by Crippen LogP contribution is 2.40. The van der Waals surface area contributed by atoms with Crippen LogP contribution in [0.25, 0.3) is 10.9 Å². The Morgan fingerprint density at radius 1 is 1.13 bits per heavy atom. The predicted molar refractivity (Wildman–Crippen MR) is 108 cm³/mol. The van der Waals surface area contributed by atoms with Crippen molar-refractivity contribution in [3.63, 3.8) is 0 Å². The van der Waals surface area contributed by atoms with Crippen molar-refractivity contribution in [2.24, 2.45) is 0 Å². The second kappa shape index (κ2) is 7.79. The van der Waals surface area contributed by atoms with Crippen molar-refractivity contribution < 1.29 is 13.2 Å². The zero-order valence-electron chi connectivity index (χ0n) is 16.5. The fraction of sp³-hybridized carbons (Fsp3) is 0.476. The van der Waals surface area contributed by atoms with Crippen LogP contribution in [0.3, 0.4) is 0 Å². The maximum atomic E-state index is 12.6. The first-order valence-electron chi connectivity index (χ1n) is 10.3. The Morgan fingerprint density at radius 2 is 1.93 bits per heavy atom. The minimum atomic E-state index is -2.59. The summed E-state index contributed by atoms with van der Waals surface area (Å²) in [5, 5.41) is 0.357. The largest absolute Gasteiger partial charge is 0.444 e. The van der Waals surface area contributed by atoms with Crippen molar-refractivity contribution in [3.05, 3.63) is 52.7 Å². The molecule has 0 unspecified atom stereocenters. The summed E-state index contributed by atoms with van der Waals surface area (Å²) in [5.74, 6) is 2.37. The molecule has 1 aliphatic heterocycles. The van der Waals surface area contributed by atoms with E-state index in [4.69, 9.17) is 4.42 Å². The fourth-order valence-electron chi connectivity index (χ4n) is 3.93. The Hall–Kier alpha value is -2.81. The van der Waals surface area contributed by atoms with E-state index in [9.17, 15) is 13.6 Å². The Balaban J connectivity index is 1.24. The SMILES string of the molecule is O=c1c2ccc(N3CCN(Cc4ncc(C5CC5)o4)CC3)cc2ncn1CC(F)F. The molecule has 1 saturated carbocycles. The maximum Gasteiger partial charge on any atom is 0.261 e.